The molecule has 0 fully saturated rings. The molecule has 210 valence electrons. The zero-order valence-corrected chi connectivity index (χ0v) is 25.6. The Hall–Kier alpha value is -2.88. The molecule has 2 amide bonds. The minimum Gasteiger partial charge on any atom is -0.462 e. The first-order valence-electron chi connectivity index (χ1n) is 11.7. The van der Waals surface area contributed by atoms with Gasteiger partial charge in [0.2, 0.25) is 5.91 Å². The van der Waals surface area contributed by atoms with Crippen molar-refractivity contribution in [1.82, 2.24) is 4.57 Å². The van der Waals surface area contributed by atoms with E-state index >= 15 is 0 Å². The van der Waals surface area contributed by atoms with E-state index in [1.807, 2.05) is 25.1 Å². The molecule has 0 bridgehead atoms. The summed E-state index contributed by atoms with van der Waals surface area (Å²) in [6, 6.07) is 5.60. The lowest BCUT2D eigenvalue weighted by Gasteiger charge is -2.07. The Balaban J connectivity index is 1.80. The first-order chi connectivity index (χ1) is 18.4. The van der Waals surface area contributed by atoms with E-state index in [2.05, 4.69) is 26.2 Å². The normalized spacial score (nSPS) is 12.0. The monoisotopic (exact) mass is 659 g/mol. The summed E-state index contributed by atoms with van der Waals surface area (Å²) in [5, 5.41) is 2.32. The summed E-state index contributed by atoms with van der Waals surface area (Å²) in [5.74, 6) is -5.39. The van der Waals surface area contributed by atoms with Gasteiger partial charge in [0.15, 0.2) is 14.6 Å². The van der Waals surface area contributed by atoms with E-state index in [-0.39, 0.29) is 34.2 Å². The van der Waals surface area contributed by atoms with Crippen LogP contribution in [0.5, 0.6) is 0 Å². The maximum atomic E-state index is 12.7. The third kappa shape index (κ3) is 7.41. The molecule has 3 aromatic rings. The molecule has 0 spiro atoms. The van der Waals surface area contributed by atoms with Crippen LogP contribution in [0.4, 0.5) is 5.00 Å². The maximum Gasteiger partial charge on any atom is 0.348 e. The van der Waals surface area contributed by atoms with Gasteiger partial charge >= 0.3 is 11.9 Å². The highest BCUT2D eigenvalue weighted by Crippen LogP contribution is 2.34. The van der Waals surface area contributed by atoms with Gasteiger partial charge in [0.1, 0.15) is 21.4 Å². The molecule has 0 aliphatic rings. The fourth-order valence-corrected chi connectivity index (χ4v) is 7.40. The van der Waals surface area contributed by atoms with E-state index in [0.717, 1.165) is 26.0 Å². The highest BCUT2D eigenvalue weighted by molar-refractivity contribution is 9.10. The summed E-state index contributed by atoms with van der Waals surface area (Å²) in [4.78, 5) is 54.4. The molecule has 0 saturated carbocycles. The molecule has 1 N–H and O–H groups in total. The minimum atomic E-state index is -4.22. The topological polar surface area (TPSA) is 150 Å². The fourth-order valence-electron chi connectivity index (χ4n) is 3.62. The number of rotatable bonds is 10. The standard InChI is InChI=1S/C24H26BrN3O8S3/c1-5-28-15-9-8-14(25)10-16(15)37-24(28)27-18(30)12-39(33,34)11-17(29)26-21-19(22(31)35-6-2)13(4)20(38-21)23(32)36-7-3/h8-10H,5-7,11-12H2,1-4H3,(H,26,29). The molecule has 0 aliphatic carbocycles. The number of aryl methyl sites for hydroxylation is 1. The molecule has 0 aliphatic heterocycles. The van der Waals surface area contributed by atoms with E-state index in [1.54, 1.807) is 18.4 Å². The van der Waals surface area contributed by atoms with Crippen molar-refractivity contribution in [2.24, 2.45) is 4.99 Å². The van der Waals surface area contributed by atoms with Crippen LogP contribution < -0.4 is 10.1 Å². The molecule has 15 heteroatoms. The number of anilines is 1. The lowest BCUT2D eigenvalue weighted by Crippen LogP contribution is -2.28. The molecular weight excluding hydrogens is 634 g/mol. The van der Waals surface area contributed by atoms with E-state index < -0.39 is 45.1 Å². The number of aromatic nitrogens is 1. The van der Waals surface area contributed by atoms with Crippen molar-refractivity contribution >= 4 is 87.4 Å². The average molecular weight is 661 g/mol. The molecule has 1 aromatic carbocycles. The predicted octanol–water partition coefficient (Wildman–Crippen LogP) is 3.69. The zero-order valence-electron chi connectivity index (χ0n) is 21.5. The smallest absolute Gasteiger partial charge is 0.348 e. The van der Waals surface area contributed by atoms with E-state index in [9.17, 15) is 27.6 Å². The summed E-state index contributed by atoms with van der Waals surface area (Å²) < 4.78 is 38.9. The Morgan fingerprint density at radius 3 is 2.33 bits per heavy atom. The van der Waals surface area contributed by atoms with Crippen LogP contribution in [0.3, 0.4) is 0 Å². The van der Waals surface area contributed by atoms with Crippen LogP contribution in [0.2, 0.25) is 0 Å². The number of benzene rings is 1. The van der Waals surface area contributed by atoms with E-state index in [1.165, 1.54) is 18.3 Å². The van der Waals surface area contributed by atoms with Crippen LogP contribution in [0.15, 0.2) is 27.7 Å². The van der Waals surface area contributed by atoms with E-state index in [4.69, 9.17) is 9.47 Å². The fraction of sp³-hybridized carbons (Fsp3) is 0.375. The predicted molar refractivity (Wildman–Crippen MR) is 152 cm³/mol. The second-order valence-electron chi connectivity index (χ2n) is 8.03. The Morgan fingerprint density at radius 1 is 1.03 bits per heavy atom. The molecular formula is C24H26BrN3O8S3. The SMILES string of the molecule is CCOC(=O)c1sc(NC(=O)CS(=O)(=O)CC(=O)N=c2sc3cc(Br)ccc3n2CC)c(C(=O)OCC)c1C. The molecule has 2 aromatic heterocycles. The van der Waals surface area contributed by atoms with E-state index in [0.29, 0.717) is 11.3 Å². The Bertz CT molecular complexity index is 1620. The Kier molecular flexibility index (Phi) is 10.2. The molecule has 0 atom stereocenters. The van der Waals surface area contributed by atoms with Crippen LogP contribution in [-0.4, -0.2) is 61.5 Å². The van der Waals surface area contributed by atoms with Crippen molar-refractivity contribution in [3.8, 4) is 0 Å². The van der Waals surface area contributed by atoms with Gasteiger partial charge in [-0.05, 0) is 51.5 Å². The third-order valence-corrected chi connectivity index (χ3v) is 9.33. The van der Waals surface area contributed by atoms with Crippen molar-refractivity contribution in [3.63, 3.8) is 0 Å². The number of hydrogen-bond donors (Lipinski definition) is 1. The second-order valence-corrected chi connectivity index (χ2v) is 13.0. The quantitative estimate of drug-likeness (QED) is 0.324. The van der Waals surface area contributed by atoms with Gasteiger partial charge in [-0.2, -0.15) is 4.99 Å². The number of amides is 2. The highest BCUT2D eigenvalue weighted by atomic mass is 79.9. The summed E-state index contributed by atoms with van der Waals surface area (Å²) in [6.07, 6.45) is 0. The van der Waals surface area contributed by atoms with Crippen molar-refractivity contribution in [3.05, 3.63) is 43.5 Å². The van der Waals surface area contributed by atoms with Gasteiger partial charge in [0.25, 0.3) is 5.91 Å². The van der Waals surface area contributed by atoms with Crippen LogP contribution >= 0.6 is 38.6 Å². The van der Waals surface area contributed by atoms with Gasteiger partial charge in [-0.15, -0.1) is 11.3 Å². The van der Waals surface area contributed by atoms with Gasteiger partial charge in [-0.3, -0.25) is 9.59 Å². The Labute approximate surface area is 240 Å². The Morgan fingerprint density at radius 2 is 1.69 bits per heavy atom. The number of sulfone groups is 1. The number of thiazole rings is 1. The summed E-state index contributed by atoms with van der Waals surface area (Å²) in [6.45, 7) is 7.25. The number of thiophene rings is 1. The van der Waals surface area contributed by atoms with Crippen LogP contribution in [-0.2, 0) is 35.4 Å². The number of nitrogens with zero attached hydrogens (tertiary/aromatic N) is 2. The maximum absolute atomic E-state index is 12.7. The number of halogens is 1. The zero-order chi connectivity index (χ0) is 28.9. The van der Waals surface area contributed by atoms with Gasteiger partial charge in [-0.1, -0.05) is 27.3 Å². The minimum absolute atomic E-state index is 0.0470. The lowest BCUT2D eigenvalue weighted by molar-refractivity contribution is -0.115. The molecule has 0 saturated heterocycles. The number of hydrogen-bond acceptors (Lipinski definition) is 10. The van der Waals surface area contributed by atoms with Crippen LogP contribution in [0.1, 0.15) is 46.4 Å². The second kappa shape index (κ2) is 13.0. The molecule has 2 heterocycles. The van der Waals surface area contributed by atoms with Gasteiger partial charge in [-0.25, -0.2) is 18.0 Å². The molecule has 0 radical (unpaired) electrons. The molecule has 11 nitrogen and oxygen atoms in total. The number of fused-ring (bicyclic) bond motifs is 1. The van der Waals surface area contributed by atoms with Gasteiger partial charge < -0.3 is 19.4 Å². The average Bonchev–Trinajstić information content (AvgIpc) is 3.33. The molecule has 39 heavy (non-hydrogen) atoms. The first kappa shape index (κ1) is 30.7. The van der Waals surface area contributed by atoms with Crippen LogP contribution in [0.25, 0.3) is 10.2 Å². The molecule has 3 rings (SSSR count). The van der Waals surface area contributed by atoms with Crippen molar-refractivity contribution in [2.45, 2.75) is 34.2 Å². The van der Waals surface area contributed by atoms with Crippen LogP contribution in [0, 0.1) is 6.92 Å². The first-order valence-corrected chi connectivity index (χ1v) is 16.0. The number of nitrogens with one attached hydrogen (secondary N) is 1. The van der Waals surface area contributed by atoms with Crippen molar-refractivity contribution in [2.75, 3.05) is 30.0 Å². The number of carbonyl (C=O) groups excluding carboxylic acids is 4. The molecule has 0 unspecified atom stereocenters. The number of carbonyl (C=O) groups is 4. The summed E-state index contributed by atoms with van der Waals surface area (Å²) >= 11 is 5.41. The summed E-state index contributed by atoms with van der Waals surface area (Å²) in [5.41, 5.74) is 1.02. The lowest BCUT2D eigenvalue weighted by atomic mass is 10.1. The third-order valence-electron chi connectivity index (χ3n) is 5.22. The van der Waals surface area contributed by atoms with Crippen molar-refractivity contribution < 1.29 is 37.1 Å². The highest BCUT2D eigenvalue weighted by Gasteiger charge is 2.29. The van der Waals surface area contributed by atoms with Gasteiger partial charge in [0.05, 0.1) is 29.0 Å². The summed E-state index contributed by atoms with van der Waals surface area (Å²) in [7, 11) is -4.22. The van der Waals surface area contributed by atoms with Gasteiger partial charge in [0, 0.05) is 11.0 Å². The number of ether oxygens (including phenoxy) is 2. The number of esters is 2. The van der Waals surface area contributed by atoms with Crippen molar-refractivity contribution in [1.29, 1.82) is 0 Å². The largest absolute Gasteiger partial charge is 0.462 e.